The van der Waals surface area contributed by atoms with Crippen LogP contribution in [-0.2, 0) is 20.0 Å². The molecule has 0 bridgehead atoms. The third-order valence-corrected chi connectivity index (χ3v) is 6.10. The van der Waals surface area contributed by atoms with E-state index < -0.39 is 17.2 Å². The SMILES string of the molecule is CCOC(=O)c1sc(NC(=O)C(C)SCc2ccco2)c(C(=O)OCC)c1C. The molecule has 9 heteroatoms. The largest absolute Gasteiger partial charge is 0.468 e. The summed E-state index contributed by atoms with van der Waals surface area (Å²) in [5, 5.41) is 2.65. The maximum absolute atomic E-state index is 12.6. The second-order valence-corrected chi connectivity index (χ2v) is 8.07. The zero-order valence-corrected chi connectivity index (χ0v) is 17.8. The highest BCUT2D eigenvalue weighted by Crippen LogP contribution is 2.35. The van der Waals surface area contributed by atoms with Gasteiger partial charge in [-0.1, -0.05) is 0 Å². The summed E-state index contributed by atoms with van der Waals surface area (Å²) in [5.74, 6) is -0.0781. The lowest BCUT2D eigenvalue weighted by atomic mass is 10.1. The van der Waals surface area contributed by atoms with Gasteiger partial charge in [-0.3, -0.25) is 4.79 Å². The number of carbonyl (C=O) groups is 3. The molecule has 0 aromatic carbocycles. The predicted molar refractivity (Wildman–Crippen MR) is 109 cm³/mol. The topological polar surface area (TPSA) is 94.8 Å². The van der Waals surface area contributed by atoms with Crippen LogP contribution in [0.15, 0.2) is 22.8 Å². The summed E-state index contributed by atoms with van der Waals surface area (Å²) >= 11 is 2.42. The molecule has 28 heavy (non-hydrogen) atoms. The molecule has 0 fully saturated rings. The van der Waals surface area contributed by atoms with Crippen molar-refractivity contribution in [2.45, 2.75) is 38.7 Å². The number of esters is 2. The average molecular weight is 426 g/mol. The first-order valence-corrected chi connectivity index (χ1v) is 10.7. The Morgan fingerprint density at radius 3 is 2.50 bits per heavy atom. The van der Waals surface area contributed by atoms with Crippen LogP contribution < -0.4 is 5.32 Å². The fourth-order valence-corrected chi connectivity index (χ4v) is 4.21. The minimum absolute atomic E-state index is 0.186. The van der Waals surface area contributed by atoms with E-state index in [-0.39, 0.29) is 34.6 Å². The van der Waals surface area contributed by atoms with E-state index in [0.717, 1.165) is 17.1 Å². The molecule has 152 valence electrons. The number of rotatable bonds is 9. The molecule has 0 saturated heterocycles. The number of hydrogen-bond donors (Lipinski definition) is 1. The molecule has 0 spiro atoms. The maximum Gasteiger partial charge on any atom is 0.348 e. The van der Waals surface area contributed by atoms with Crippen LogP contribution in [0.4, 0.5) is 5.00 Å². The molecule has 0 aliphatic carbocycles. The van der Waals surface area contributed by atoms with E-state index in [9.17, 15) is 14.4 Å². The van der Waals surface area contributed by atoms with Crippen molar-refractivity contribution in [3.8, 4) is 0 Å². The van der Waals surface area contributed by atoms with Crippen LogP contribution in [0.5, 0.6) is 0 Å². The molecule has 1 atom stereocenters. The number of ether oxygens (including phenoxy) is 2. The minimum atomic E-state index is -0.585. The van der Waals surface area contributed by atoms with E-state index in [4.69, 9.17) is 13.9 Å². The molecule has 1 unspecified atom stereocenters. The van der Waals surface area contributed by atoms with Gasteiger partial charge in [0.2, 0.25) is 5.91 Å². The van der Waals surface area contributed by atoms with Crippen molar-refractivity contribution in [2.75, 3.05) is 18.5 Å². The number of amides is 1. The lowest BCUT2D eigenvalue weighted by Gasteiger charge is -2.11. The summed E-state index contributed by atoms with van der Waals surface area (Å²) in [6.07, 6.45) is 1.58. The van der Waals surface area contributed by atoms with E-state index in [0.29, 0.717) is 11.3 Å². The lowest BCUT2D eigenvalue weighted by molar-refractivity contribution is -0.115. The van der Waals surface area contributed by atoms with Crippen LogP contribution in [0.25, 0.3) is 0 Å². The number of nitrogens with one attached hydrogen (secondary N) is 1. The van der Waals surface area contributed by atoms with Crippen LogP contribution in [0.1, 0.15) is 52.1 Å². The van der Waals surface area contributed by atoms with Crippen molar-refractivity contribution in [3.05, 3.63) is 40.2 Å². The molecular weight excluding hydrogens is 402 g/mol. The van der Waals surface area contributed by atoms with Gasteiger partial charge in [0, 0.05) is 0 Å². The first kappa shape index (κ1) is 22.0. The number of carbonyl (C=O) groups excluding carboxylic acids is 3. The molecule has 0 radical (unpaired) electrons. The summed E-state index contributed by atoms with van der Waals surface area (Å²) in [6.45, 7) is 7.20. The first-order chi connectivity index (χ1) is 13.4. The number of furan rings is 1. The highest BCUT2D eigenvalue weighted by atomic mass is 32.2. The average Bonchev–Trinajstić information content (AvgIpc) is 3.28. The Balaban J connectivity index is 2.19. The molecule has 1 amide bonds. The monoisotopic (exact) mass is 425 g/mol. The molecule has 0 aliphatic heterocycles. The summed E-state index contributed by atoms with van der Waals surface area (Å²) in [4.78, 5) is 37.4. The Labute approximate surface area is 171 Å². The van der Waals surface area contributed by atoms with Gasteiger partial charge in [-0.25, -0.2) is 9.59 Å². The Bertz CT molecular complexity index is 828. The Morgan fingerprint density at radius 1 is 1.21 bits per heavy atom. The van der Waals surface area contributed by atoms with Crippen molar-refractivity contribution < 1.29 is 28.3 Å². The van der Waals surface area contributed by atoms with Crippen molar-refractivity contribution in [1.82, 2.24) is 0 Å². The Kier molecular flexibility index (Phi) is 8.13. The third-order valence-electron chi connectivity index (χ3n) is 3.75. The van der Waals surface area contributed by atoms with Gasteiger partial charge in [0.05, 0.1) is 36.0 Å². The van der Waals surface area contributed by atoms with Crippen LogP contribution in [0.3, 0.4) is 0 Å². The van der Waals surface area contributed by atoms with E-state index in [1.54, 1.807) is 40.0 Å². The molecule has 1 N–H and O–H groups in total. The van der Waals surface area contributed by atoms with Crippen molar-refractivity contribution >= 4 is 45.9 Å². The summed E-state index contributed by atoms with van der Waals surface area (Å²) in [7, 11) is 0. The fraction of sp³-hybridized carbons (Fsp3) is 0.421. The van der Waals surface area contributed by atoms with E-state index in [2.05, 4.69) is 5.32 Å². The second kappa shape index (κ2) is 10.3. The van der Waals surface area contributed by atoms with Crippen molar-refractivity contribution in [1.29, 1.82) is 0 Å². The van der Waals surface area contributed by atoms with Crippen LogP contribution in [0.2, 0.25) is 0 Å². The zero-order chi connectivity index (χ0) is 20.7. The van der Waals surface area contributed by atoms with E-state index in [1.165, 1.54) is 11.8 Å². The normalized spacial score (nSPS) is 11.7. The summed E-state index contributed by atoms with van der Waals surface area (Å²) in [6, 6.07) is 3.63. The molecule has 2 aromatic heterocycles. The molecule has 2 heterocycles. The smallest absolute Gasteiger partial charge is 0.348 e. The minimum Gasteiger partial charge on any atom is -0.468 e. The fourth-order valence-electron chi connectivity index (χ4n) is 2.33. The van der Waals surface area contributed by atoms with Gasteiger partial charge >= 0.3 is 11.9 Å². The van der Waals surface area contributed by atoms with Gasteiger partial charge in [0.15, 0.2) is 0 Å². The Hall–Kier alpha value is -2.26. The van der Waals surface area contributed by atoms with Gasteiger partial charge < -0.3 is 19.2 Å². The molecular formula is C19H23NO6S2. The lowest BCUT2D eigenvalue weighted by Crippen LogP contribution is -2.23. The third kappa shape index (κ3) is 5.39. The van der Waals surface area contributed by atoms with Gasteiger partial charge in [-0.05, 0) is 45.4 Å². The van der Waals surface area contributed by atoms with Crippen LogP contribution in [0, 0.1) is 6.92 Å². The number of anilines is 1. The number of thioether (sulfide) groups is 1. The molecule has 2 rings (SSSR count). The van der Waals surface area contributed by atoms with Crippen LogP contribution in [-0.4, -0.2) is 36.3 Å². The highest BCUT2D eigenvalue weighted by molar-refractivity contribution is 7.99. The summed E-state index contributed by atoms with van der Waals surface area (Å²) in [5.41, 5.74) is 0.625. The van der Waals surface area contributed by atoms with Gasteiger partial charge in [0.25, 0.3) is 0 Å². The van der Waals surface area contributed by atoms with Crippen molar-refractivity contribution in [3.63, 3.8) is 0 Å². The first-order valence-electron chi connectivity index (χ1n) is 8.81. The molecule has 0 aliphatic rings. The standard InChI is InChI=1S/C19H23NO6S2/c1-5-24-18(22)14-11(3)15(19(23)25-6-2)28-17(14)20-16(21)12(4)27-10-13-8-7-9-26-13/h7-9,12H,5-6,10H2,1-4H3,(H,20,21). The zero-order valence-electron chi connectivity index (χ0n) is 16.2. The summed E-state index contributed by atoms with van der Waals surface area (Å²) < 4.78 is 15.4. The van der Waals surface area contributed by atoms with E-state index >= 15 is 0 Å². The maximum atomic E-state index is 12.6. The van der Waals surface area contributed by atoms with Gasteiger partial charge in [0.1, 0.15) is 15.6 Å². The predicted octanol–water partition coefficient (Wildman–Crippen LogP) is 4.26. The van der Waals surface area contributed by atoms with E-state index in [1.807, 2.05) is 6.07 Å². The Morgan fingerprint density at radius 2 is 1.89 bits per heavy atom. The van der Waals surface area contributed by atoms with Gasteiger partial charge in [-0.15, -0.1) is 23.1 Å². The van der Waals surface area contributed by atoms with Gasteiger partial charge in [-0.2, -0.15) is 0 Å². The molecule has 2 aromatic rings. The van der Waals surface area contributed by atoms with Crippen LogP contribution >= 0.6 is 23.1 Å². The molecule has 0 saturated carbocycles. The second-order valence-electron chi connectivity index (χ2n) is 5.72. The molecule has 7 nitrogen and oxygen atoms in total. The quantitative estimate of drug-likeness (QED) is 0.600. The highest BCUT2D eigenvalue weighted by Gasteiger charge is 2.28. The van der Waals surface area contributed by atoms with Crippen molar-refractivity contribution in [2.24, 2.45) is 0 Å². The number of hydrogen-bond acceptors (Lipinski definition) is 8. The number of thiophene rings is 1.